The molecule has 30 heavy (non-hydrogen) atoms. The number of hydrogen-bond acceptors (Lipinski definition) is 3. The van der Waals surface area contributed by atoms with Gasteiger partial charge in [0, 0.05) is 40.9 Å². The number of benzene rings is 2. The average molecular weight is 425 g/mol. The molecule has 0 saturated heterocycles. The largest absolute Gasteiger partial charge is 0.355 e. The predicted molar refractivity (Wildman–Crippen MR) is 126 cm³/mol. The second-order valence-electron chi connectivity index (χ2n) is 8.78. The Balaban J connectivity index is 1.51. The van der Waals surface area contributed by atoms with E-state index in [1.807, 2.05) is 56.8 Å². The molecule has 1 amide bonds. The van der Waals surface area contributed by atoms with E-state index in [0.717, 1.165) is 18.1 Å². The number of aliphatic imine (C=N–C) groups is 1. The molecule has 0 aliphatic heterocycles. The maximum Gasteiger partial charge on any atom is 0.251 e. The average Bonchev–Trinajstić information content (AvgIpc) is 3.47. The summed E-state index contributed by atoms with van der Waals surface area (Å²) in [5, 5.41) is 9.84. The van der Waals surface area contributed by atoms with Gasteiger partial charge in [0.1, 0.15) is 0 Å². The van der Waals surface area contributed by atoms with Gasteiger partial charge >= 0.3 is 0 Å². The van der Waals surface area contributed by atoms with Crippen LogP contribution in [0, 0.1) is 0 Å². The van der Waals surface area contributed by atoms with Crippen LogP contribution in [0.2, 0.25) is 0 Å². The van der Waals surface area contributed by atoms with Crippen molar-refractivity contribution < 1.29 is 4.79 Å². The van der Waals surface area contributed by atoms with Gasteiger partial charge in [-0.05, 0) is 63.4 Å². The molecule has 3 N–H and O–H groups in total. The standard InChI is InChI=1S/C24H32N4OS/c1-23(2,3)28-21(29)19-10-8-9-18(15-19)16-26-22(25-4)27-17-24(13-14-24)30-20-11-6-5-7-12-20/h5-12,15H,13-14,16-17H2,1-4H3,(H,28,29)(H2,25,26,27). The Morgan fingerprint density at radius 3 is 2.43 bits per heavy atom. The van der Waals surface area contributed by atoms with Gasteiger partial charge in [-0.25, -0.2) is 0 Å². The van der Waals surface area contributed by atoms with Crippen LogP contribution in [0.15, 0.2) is 64.5 Å². The summed E-state index contributed by atoms with van der Waals surface area (Å²) in [6, 6.07) is 18.3. The molecule has 0 aromatic heterocycles. The van der Waals surface area contributed by atoms with Gasteiger partial charge in [-0.3, -0.25) is 9.79 Å². The first kappa shape index (κ1) is 22.2. The SMILES string of the molecule is CN=C(NCc1cccc(C(=O)NC(C)(C)C)c1)NCC1(Sc2ccccc2)CC1. The Hall–Kier alpha value is -2.47. The lowest BCUT2D eigenvalue weighted by Crippen LogP contribution is -2.41. The van der Waals surface area contributed by atoms with Crippen molar-refractivity contribution in [3.05, 3.63) is 65.7 Å². The van der Waals surface area contributed by atoms with E-state index in [4.69, 9.17) is 0 Å². The molecule has 5 nitrogen and oxygen atoms in total. The normalized spacial score (nSPS) is 15.4. The quantitative estimate of drug-likeness (QED) is 0.460. The van der Waals surface area contributed by atoms with Gasteiger partial charge in [-0.2, -0.15) is 0 Å². The summed E-state index contributed by atoms with van der Waals surface area (Å²) in [6.07, 6.45) is 2.42. The molecule has 0 bridgehead atoms. The Morgan fingerprint density at radius 2 is 1.80 bits per heavy atom. The predicted octanol–water partition coefficient (Wildman–Crippen LogP) is 4.20. The number of nitrogens with one attached hydrogen (secondary N) is 3. The van der Waals surface area contributed by atoms with Crippen molar-refractivity contribution in [2.24, 2.45) is 4.99 Å². The van der Waals surface area contributed by atoms with Crippen molar-refractivity contribution in [2.75, 3.05) is 13.6 Å². The fourth-order valence-corrected chi connectivity index (χ4v) is 4.32. The van der Waals surface area contributed by atoms with Gasteiger partial charge in [0.05, 0.1) is 0 Å². The molecular weight excluding hydrogens is 392 g/mol. The number of nitrogens with zero attached hydrogens (tertiary/aromatic N) is 1. The highest BCUT2D eigenvalue weighted by Crippen LogP contribution is 2.51. The van der Waals surface area contributed by atoms with Crippen LogP contribution < -0.4 is 16.0 Å². The zero-order valence-electron chi connectivity index (χ0n) is 18.3. The van der Waals surface area contributed by atoms with Crippen LogP contribution >= 0.6 is 11.8 Å². The Bertz CT molecular complexity index is 886. The first-order valence-corrected chi connectivity index (χ1v) is 11.2. The third kappa shape index (κ3) is 6.80. The van der Waals surface area contributed by atoms with Gasteiger partial charge in [0.15, 0.2) is 5.96 Å². The maximum absolute atomic E-state index is 12.4. The molecule has 2 aromatic rings. The summed E-state index contributed by atoms with van der Waals surface area (Å²) >= 11 is 1.94. The van der Waals surface area contributed by atoms with Crippen molar-refractivity contribution in [1.82, 2.24) is 16.0 Å². The number of carbonyl (C=O) groups excluding carboxylic acids is 1. The molecule has 3 rings (SSSR count). The van der Waals surface area contributed by atoms with Gasteiger partial charge in [-0.1, -0.05) is 30.3 Å². The molecule has 2 aromatic carbocycles. The van der Waals surface area contributed by atoms with Gasteiger partial charge in [0.2, 0.25) is 0 Å². The van der Waals surface area contributed by atoms with Gasteiger partial charge in [-0.15, -0.1) is 11.8 Å². The van der Waals surface area contributed by atoms with Crippen LogP contribution in [0.3, 0.4) is 0 Å². The summed E-state index contributed by atoms with van der Waals surface area (Å²) < 4.78 is 0.254. The van der Waals surface area contributed by atoms with Crippen LogP contribution in [0.25, 0.3) is 0 Å². The first-order valence-electron chi connectivity index (χ1n) is 10.4. The van der Waals surface area contributed by atoms with Gasteiger partial charge in [0.25, 0.3) is 5.91 Å². The topological polar surface area (TPSA) is 65.5 Å². The summed E-state index contributed by atoms with van der Waals surface area (Å²) in [7, 11) is 1.78. The molecule has 160 valence electrons. The van der Waals surface area contributed by atoms with Crippen LogP contribution in [0.1, 0.15) is 49.5 Å². The van der Waals surface area contributed by atoms with E-state index in [0.29, 0.717) is 12.1 Å². The number of hydrogen-bond donors (Lipinski definition) is 3. The number of carbonyl (C=O) groups is 1. The highest BCUT2D eigenvalue weighted by molar-refractivity contribution is 8.01. The van der Waals surface area contributed by atoms with Crippen molar-refractivity contribution in [3.63, 3.8) is 0 Å². The maximum atomic E-state index is 12.4. The molecule has 0 heterocycles. The van der Waals surface area contributed by atoms with E-state index in [2.05, 4.69) is 51.3 Å². The molecular formula is C24H32N4OS. The molecule has 1 fully saturated rings. The Labute approximate surface area is 184 Å². The third-order valence-corrected chi connectivity index (χ3v) is 6.32. The third-order valence-electron chi connectivity index (χ3n) is 4.82. The molecule has 6 heteroatoms. The molecule has 0 unspecified atom stereocenters. The summed E-state index contributed by atoms with van der Waals surface area (Å²) in [5.41, 5.74) is 1.45. The fraction of sp³-hybridized carbons (Fsp3) is 0.417. The zero-order valence-corrected chi connectivity index (χ0v) is 19.1. The van der Waals surface area contributed by atoms with E-state index in [1.165, 1.54) is 17.7 Å². The summed E-state index contributed by atoms with van der Waals surface area (Å²) in [5.74, 6) is 0.722. The van der Waals surface area contributed by atoms with Crippen LogP contribution in [0.4, 0.5) is 0 Å². The van der Waals surface area contributed by atoms with E-state index in [9.17, 15) is 4.79 Å². The van der Waals surface area contributed by atoms with E-state index in [-0.39, 0.29) is 16.2 Å². The highest BCUT2D eigenvalue weighted by atomic mass is 32.2. The van der Waals surface area contributed by atoms with E-state index < -0.39 is 0 Å². The molecule has 0 radical (unpaired) electrons. The monoisotopic (exact) mass is 424 g/mol. The molecule has 1 aliphatic carbocycles. The number of amides is 1. The number of guanidine groups is 1. The smallest absolute Gasteiger partial charge is 0.251 e. The van der Waals surface area contributed by atoms with Crippen LogP contribution in [-0.4, -0.2) is 35.7 Å². The lowest BCUT2D eigenvalue weighted by Gasteiger charge is -2.21. The molecule has 0 spiro atoms. The Morgan fingerprint density at radius 1 is 1.07 bits per heavy atom. The highest BCUT2D eigenvalue weighted by Gasteiger charge is 2.43. The van der Waals surface area contributed by atoms with Crippen molar-refractivity contribution in [2.45, 2.75) is 55.3 Å². The van der Waals surface area contributed by atoms with Crippen molar-refractivity contribution >= 4 is 23.6 Å². The fourth-order valence-electron chi connectivity index (χ4n) is 3.08. The second kappa shape index (κ2) is 9.56. The van der Waals surface area contributed by atoms with Crippen LogP contribution in [0.5, 0.6) is 0 Å². The van der Waals surface area contributed by atoms with Gasteiger partial charge < -0.3 is 16.0 Å². The van der Waals surface area contributed by atoms with E-state index >= 15 is 0 Å². The molecule has 1 aliphatic rings. The lowest BCUT2D eigenvalue weighted by atomic mass is 10.1. The zero-order chi connectivity index (χ0) is 21.6. The summed E-state index contributed by atoms with van der Waals surface area (Å²) in [6.45, 7) is 7.42. The van der Waals surface area contributed by atoms with Crippen molar-refractivity contribution in [1.29, 1.82) is 0 Å². The number of thioether (sulfide) groups is 1. The minimum Gasteiger partial charge on any atom is -0.355 e. The van der Waals surface area contributed by atoms with Crippen molar-refractivity contribution in [3.8, 4) is 0 Å². The second-order valence-corrected chi connectivity index (χ2v) is 10.3. The van der Waals surface area contributed by atoms with E-state index in [1.54, 1.807) is 7.05 Å². The summed E-state index contributed by atoms with van der Waals surface area (Å²) in [4.78, 5) is 18.1. The number of rotatable bonds is 7. The molecule has 0 atom stereocenters. The minimum atomic E-state index is -0.256. The Kier molecular flexibility index (Phi) is 7.08. The lowest BCUT2D eigenvalue weighted by molar-refractivity contribution is 0.0919. The molecule has 1 saturated carbocycles. The first-order chi connectivity index (χ1) is 14.3. The van der Waals surface area contributed by atoms with Crippen LogP contribution in [-0.2, 0) is 6.54 Å². The minimum absolute atomic E-state index is 0.0551.